The Morgan fingerprint density at radius 3 is 2.65 bits per heavy atom. The summed E-state index contributed by atoms with van der Waals surface area (Å²) in [4.78, 5) is 13.7. The number of carbonyl (C=O) groups is 1. The molecular weight excluding hydrogens is 219 g/mol. The van der Waals surface area contributed by atoms with Gasteiger partial charge in [0.25, 0.3) is 0 Å². The van der Waals surface area contributed by atoms with Crippen LogP contribution in [0.1, 0.15) is 30.9 Å². The highest BCUT2D eigenvalue weighted by Gasteiger charge is 2.46. The predicted octanol–water partition coefficient (Wildman–Crippen LogP) is 1.59. The number of nitrogens with two attached hydrogens (primary N) is 1. The van der Waals surface area contributed by atoms with E-state index in [4.69, 9.17) is 5.73 Å². The van der Waals surface area contributed by atoms with Gasteiger partial charge in [-0.15, -0.1) is 0 Å². The first kappa shape index (κ1) is 10.7. The van der Waals surface area contributed by atoms with Crippen LogP contribution in [0.5, 0.6) is 0 Å². The number of benzene rings is 1. The van der Waals surface area contributed by atoms with Gasteiger partial charge in [-0.25, -0.2) is 4.39 Å². The molecular formula is C13H15FN2O. The third-order valence-corrected chi connectivity index (χ3v) is 3.57. The molecule has 1 saturated heterocycles. The molecule has 17 heavy (non-hydrogen) atoms. The fourth-order valence-corrected chi connectivity index (χ4v) is 2.66. The van der Waals surface area contributed by atoms with Gasteiger partial charge in [-0.05, 0) is 18.9 Å². The zero-order valence-corrected chi connectivity index (χ0v) is 9.47. The largest absolute Gasteiger partial charge is 0.331 e. The lowest BCUT2D eigenvalue weighted by Crippen LogP contribution is -2.35. The topological polar surface area (TPSA) is 46.3 Å². The molecule has 1 saturated carbocycles. The summed E-state index contributed by atoms with van der Waals surface area (Å²) in [6.45, 7) is 0. The molecule has 4 heteroatoms. The summed E-state index contributed by atoms with van der Waals surface area (Å²) in [6, 6.07) is 6.31. The van der Waals surface area contributed by atoms with E-state index < -0.39 is 0 Å². The van der Waals surface area contributed by atoms with Crippen LogP contribution in [0.2, 0.25) is 0 Å². The Hall–Kier alpha value is -1.42. The molecule has 0 bridgehead atoms. The minimum atomic E-state index is -0.292. The Balaban J connectivity index is 1.99. The van der Waals surface area contributed by atoms with Gasteiger partial charge in [0.1, 0.15) is 5.82 Å². The lowest BCUT2D eigenvalue weighted by molar-refractivity contribution is -0.129. The number of rotatable bonds is 2. The molecule has 1 aromatic carbocycles. The predicted molar refractivity (Wildman–Crippen MR) is 61.6 cm³/mol. The molecule has 2 unspecified atom stereocenters. The second kappa shape index (κ2) is 3.81. The summed E-state index contributed by atoms with van der Waals surface area (Å²) < 4.78 is 13.8. The third-order valence-electron chi connectivity index (χ3n) is 3.57. The van der Waals surface area contributed by atoms with Crippen molar-refractivity contribution < 1.29 is 9.18 Å². The van der Waals surface area contributed by atoms with Crippen molar-refractivity contribution in [3.8, 4) is 0 Å². The lowest BCUT2D eigenvalue weighted by atomic mass is 10.00. The first-order chi connectivity index (χ1) is 8.18. The first-order valence-corrected chi connectivity index (χ1v) is 5.99. The highest BCUT2D eigenvalue weighted by Crippen LogP contribution is 2.41. The van der Waals surface area contributed by atoms with Crippen molar-refractivity contribution in [1.29, 1.82) is 0 Å². The van der Waals surface area contributed by atoms with Crippen LogP contribution >= 0.6 is 0 Å². The maximum Gasteiger partial charge on any atom is 0.225 e. The summed E-state index contributed by atoms with van der Waals surface area (Å²) in [5, 5.41) is 0. The second-order valence-corrected chi connectivity index (χ2v) is 4.87. The molecule has 90 valence electrons. The van der Waals surface area contributed by atoms with E-state index in [-0.39, 0.29) is 29.8 Å². The van der Waals surface area contributed by atoms with Crippen molar-refractivity contribution in [2.24, 2.45) is 5.73 Å². The number of hydrogen-bond donors (Lipinski definition) is 1. The van der Waals surface area contributed by atoms with Crippen LogP contribution in [0.4, 0.5) is 4.39 Å². The molecule has 2 fully saturated rings. The summed E-state index contributed by atoms with van der Waals surface area (Å²) in [7, 11) is 0. The Labute approximate surface area is 99.4 Å². The van der Waals surface area contributed by atoms with Crippen molar-refractivity contribution >= 4 is 5.91 Å². The molecule has 1 aliphatic carbocycles. The van der Waals surface area contributed by atoms with Crippen LogP contribution in [0.15, 0.2) is 24.3 Å². The van der Waals surface area contributed by atoms with E-state index in [1.165, 1.54) is 6.07 Å². The number of hydrogen-bond acceptors (Lipinski definition) is 2. The van der Waals surface area contributed by atoms with Crippen molar-refractivity contribution in [1.82, 2.24) is 4.90 Å². The molecule has 0 aromatic heterocycles. The van der Waals surface area contributed by atoms with Crippen molar-refractivity contribution in [2.45, 2.75) is 37.4 Å². The molecule has 1 aromatic rings. The molecule has 3 rings (SSSR count). The second-order valence-electron chi connectivity index (χ2n) is 4.87. The highest BCUT2D eigenvalue weighted by molar-refractivity contribution is 5.81. The smallest absolute Gasteiger partial charge is 0.225 e. The minimum Gasteiger partial charge on any atom is -0.331 e. The van der Waals surface area contributed by atoms with E-state index in [9.17, 15) is 9.18 Å². The maximum atomic E-state index is 13.8. The molecule has 1 amide bonds. The van der Waals surface area contributed by atoms with Crippen LogP contribution in [0.3, 0.4) is 0 Å². The third kappa shape index (κ3) is 1.72. The van der Waals surface area contributed by atoms with Crippen LogP contribution in [0.25, 0.3) is 0 Å². The van der Waals surface area contributed by atoms with E-state index in [0.29, 0.717) is 12.0 Å². The first-order valence-electron chi connectivity index (χ1n) is 5.99. The Kier molecular flexibility index (Phi) is 2.40. The molecule has 1 aliphatic heterocycles. The number of carbonyl (C=O) groups excluding carboxylic acids is 1. The summed E-state index contributed by atoms with van der Waals surface area (Å²) in [5.74, 6) is -0.207. The molecule has 0 spiro atoms. The number of likely N-dealkylation sites (tertiary alicyclic amines) is 1. The Morgan fingerprint density at radius 1 is 1.29 bits per heavy atom. The summed E-state index contributed by atoms with van der Waals surface area (Å²) >= 11 is 0. The lowest BCUT2D eigenvalue weighted by Gasteiger charge is -2.27. The van der Waals surface area contributed by atoms with Gasteiger partial charge < -0.3 is 10.6 Å². The molecule has 2 N–H and O–H groups in total. The maximum absolute atomic E-state index is 13.8. The fraction of sp³-hybridized carbons (Fsp3) is 0.462. The molecule has 0 radical (unpaired) electrons. The van der Waals surface area contributed by atoms with E-state index in [1.807, 2.05) is 0 Å². The van der Waals surface area contributed by atoms with E-state index in [2.05, 4.69) is 0 Å². The zero-order valence-electron chi connectivity index (χ0n) is 9.47. The van der Waals surface area contributed by atoms with Gasteiger partial charge in [0.15, 0.2) is 0 Å². The molecule has 2 atom stereocenters. The number of nitrogens with zero attached hydrogens (tertiary/aromatic N) is 1. The molecule has 1 heterocycles. The Morgan fingerprint density at radius 2 is 2.00 bits per heavy atom. The van der Waals surface area contributed by atoms with Crippen LogP contribution in [0, 0.1) is 5.82 Å². The van der Waals surface area contributed by atoms with Gasteiger partial charge in [0.05, 0.1) is 6.04 Å². The minimum absolute atomic E-state index is 0.0632. The van der Waals surface area contributed by atoms with Gasteiger partial charge >= 0.3 is 0 Å². The molecule has 3 nitrogen and oxygen atoms in total. The summed E-state index contributed by atoms with van der Waals surface area (Å²) in [5.41, 5.74) is 6.55. The van der Waals surface area contributed by atoms with Gasteiger partial charge in [-0.3, -0.25) is 4.79 Å². The normalized spacial score (nSPS) is 28.8. The van der Waals surface area contributed by atoms with Crippen LogP contribution < -0.4 is 5.73 Å². The summed E-state index contributed by atoms with van der Waals surface area (Å²) in [6.07, 6.45) is 2.36. The number of halogens is 1. The van der Waals surface area contributed by atoms with Gasteiger partial charge in [0, 0.05) is 24.1 Å². The van der Waals surface area contributed by atoms with E-state index in [1.54, 1.807) is 23.1 Å². The fourth-order valence-electron chi connectivity index (χ4n) is 2.66. The Bertz CT molecular complexity index is 458. The average molecular weight is 234 g/mol. The van der Waals surface area contributed by atoms with E-state index in [0.717, 1.165) is 12.8 Å². The average Bonchev–Trinajstić information content (AvgIpc) is 3.06. The standard InChI is InChI=1S/C13H15FN2O/c14-10-4-2-1-3-9(10)13-11(15)7-12(17)16(13)8-5-6-8/h1-4,8,11,13H,5-7,15H2. The van der Waals surface area contributed by atoms with Crippen molar-refractivity contribution in [2.75, 3.05) is 0 Å². The van der Waals surface area contributed by atoms with Crippen molar-refractivity contribution in [3.05, 3.63) is 35.6 Å². The highest BCUT2D eigenvalue weighted by atomic mass is 19.1. The van der Waals surface area contributed by atoms with Gasteiger partial charge in [0.2, 0.25) is 5.91 Å². The molecule has 2 aliphatic rings. The number of amides is 1. The van der Waals surface area contributed by atoms with Gasteiger partial charge in [-0.2, -0.15) is 0 Å². The van der Waals surface area contributed by atoms with Crippen LogP contribution in [-0.2, 0) is 4.79 Å². The zero-order chi connectivity index (χ0) is 12.0. The quantitative estimate of drug-likeness (QED) is 0.844. The van der Waals surface area contributed by atoms with Gasteiger partial charge in [-0.1, -0.05) is 18.2 Å². The van der Waals surface area contributed by atoms with Crippen LogP contribution in [-0.4, -0.2) is 22.9 Å². The van der Waals surface area contributed by atoms with E-state index >= 15 is 0 Å². The SMILES string of the molecule is NC1CC(=O)N(C2CC2)C1c1ccccc1F. The monoisotopic (exact) mass is 234 g/mol. The van der Waals surface area contributed by atoms with Crippen molar-refractivity contribution in [3.63, 3.8) is 0 Å².